The van der Waals surface area contributed by atoms with E-state index in [0.717, 1.165) is 37.6 Å². The van der Waals surface area contributed by atoms with Crippen LogP contribution in [0.25, 0.3) is 0 Å². The van der Waals surface area contributed by atoms with Crippen molar-refractivity contribution in [3.05, 3.63) is 35.9 Å². The van der Waals surface area contributed by atoms with E-state index in [2.05, 4.69) is 35.6 Å². The Hall–Kier alpha value is -0.710. The van der Waals surface area contributed by atoms with E-state index < -0.39 is 0 Å². The van der Waals surface area contributed by atoms with Crippen molar-refractivity contribution in [1.29, 1.82) is 0 Å². The Kier molecular flexibility index (Phi) is 5.75. The van der Waals surface area contributed by atoms with Gasteiger partial charge in [0.15, 0.2) is 0 Å². The Labute approximate surface area is 130 Å². The number of piperidine rings is 1. The predicted molar refractivity (Wildman–Crippen MR) is 86.5 cm³/mol. The number of thioether (sulfide) groups is 1. The summed E-state index contributed by atoms with van der Waals surface area (Å²) >= 11 is 1.81. The van der Waals surface area contributed by atoms with Crippen LogP contribution in [0, 0.1) is 0 Å². The molecule has 2 aliphatic rings. The second-order valence-corrected chi connectivity index (χ2v) is 6.31. The molecule has 110 valence electrons. The summed E-state index contributed by atoms with van der Waals surface area (Å²) in [5, 5.41) is 3.27. The molecule has 2 aliphatic heterocycles. The lowest BCUT2D eigenvalue weighted by atomic mass is 9.89. The number of hydrogen-bond acceptors (Lipinski definition) is 3. The molecule has 1 aromatic rings. The van der Waals surface area contributed by atoms with E-state index in [9.17, 15) is 4.79 Å². The van der Waals surface area contributed by atoms with Crippen LogP contribution in [0.1, 0.15) is 24.3 Å². The molecule has 2 heterocycles. The van der Waals surface area contributed by atoms with Crippen molar-refractivity contribution in [2.75, 3.05) is 24.7 Å². The zero-order valence-corrected chi connectivity index (χ0v) is 13.1. The summed E-state index contributed by atoms with van der Waals surface area (Å²) in [6.07, 6.45) is 2.19. The van der Waals surface area contributed by atoms with Crippen LogP contribution >= 0.6 is 24.2 Å². The third-order valence-electron chi connectivity index (χ3n) is 4.09. The van der Waals surface area contributed by atoms with Gasteiger partial charge in [0.2, 0.25) is 5.91 Å². The van der Waals surface area contributed by atoms with E-state index in [-0.39, 0.29) is 18.4 Å². The highest BCUT2D eigenvalue weighted by atomic mass is 35.5. The second kappa shape index (κ2) is 7.34. The van der Waals surface area contributed by atoms with E-state index >= 15 is 0 Å². The van der Waals surface area contributed by atoms with E-state index in [1.165, 1.54) is 5.56 Å². The van der Waals surface area contributed by atoms with Crippen molar-refractivity contribution in [2.24, 2.45) is 0 Å². The summed E-state index contributed by atoms with van der Waals surface area (Å²) in [7, 11) is 0. The second-order valence-electron chi connectivity index (χ2n) is 5.28. The molecule has 0 spiro atoms. The predicted octanol–water partition coefficient (Wildman–Crippen LogP) is 2.48. The zero-order valence-electron chi connectivity index (χ0n) is 11.5. The van der Waals surface area contributed by atoms with Crippen LogP contribution in [0.2, 0.25) is 0 Å². The van der Waals surface area contributed by atoms with Gasteiger partial charge in [-0.2, -0.15) is 0 Å². The maximum Gasteiger partial charge on any atom is 0.240 e. The van der Waals surface area contributed by atoms with Gasteiger partial charge in [-0.15, -0.1) is 24.2 Å². The summed E-state index contributed by atoms with van der Waals surface area (Å²) in [5.41, 5.74) is 1.42. The van der Waals surface area contributed by atoms with Gasteiger partial charge in [-0.1, -0.05) is 30.3 Å². The smallest absolute Gasteiger partial charge is 0.240 e. The van der Waals surface area contributed by atoms with Gasteiger partial charge >= 0.3 is 0 Å². The number of rotatable bonds is 2. The van der Waals surface area contributed by atoms with Gasteiger partial charge in [0.25, 0.3) is 0 Å². The normalized spacial score (nSPS) is 23.4. The number of likely N-dealkylation sites (tertiary alicyclic amines) is 1. The SMILES string of the molecule is Cl.O=C(C1CSCN1)N1CCC(c2ccccc2)CC1. The fourth-order valence-corrected chi connectivity index (χ4v) is 3.87. The Balaban J connectivity index is 0.00000147. The van der Waals surface area contributed by atoms with Gasteiger partial charge in [-0.25, -0.2) is 0 Å². The van der Waals surface area contributed by atoms with E-state index in [4.69, 9.17) is 0 Å². The number of halogens is 1. The first-order valence-electron chi connectivity index (χ1n) is 6.99. The standard InChI is InChI=1S/C15H20N2OS.ClH/c18-15(14-10-19-11-16-14)17-8-6-13(7-9-17)12-4-2-1-3-5-12;/h1-5,13-14,16H,6-11H2;1H. The maximum absolute atomic E-state index is 12.3. The molecule has 3 rings (SSSR count). The number of amides is 1. The molecule has 1 unspecified atom stereocenters. The Morgan fingerprint density at radius 2 is 1.90 bits per heavy atom. The molecule has 2 saturated heterocycles. The molecule has 1 aromatic carbocycles. The van der Waals surface area contributed by atoms with Crippen LogP contribution in [0.15, 0.2) is 30.3 Å². The van der Waals surface area contributed by atoms with Crippen molar-refractivity contribution in [3.63, 3.8) is 0 Å². The highest BCUT2D eigenvalue weighted by molar-refractivity contribution is 7.99. The Morgan fingerprint density at radius 3 is 2.50 bits per heavy atom. The molecule has 0 aliphatic carbocycles. The summed E-state index contributed by atoms with van der Waals surface area (Å²) < 4.78 is 0. The Bertz CT molecular complexity index is 429. The van der Waals surface area contributed by atoms with Gasteiger partial charge in [0, 0.05) is 24.7 Å². The first-order chi connectivity index (χ1) is 9.34. The van der Waals surface area contributed by atoms with E-state index in [1.807, 2.05) is 16.7 Å². The van der Waals surface area contributed by atoms with Crippen molar-refractivity contribution in [2.45, 2.75) is 24.8 Å². The monoisotopic (exact) mass is 312 g/mol. The molecule has 20 heavy (non-hydrogen) atoms. The highest BCUT2D eigenvalue weighted by Gasteiger charge is 2.30. The number of nitrogens with one attached hydrogen (secondary N) is 1. The molecule has 0 bridgehead atoms. The van der Waals surface area contributed by atoms with Crippen molar-refractivity contribution in [3.8, 4) is 0 Å². The first-order valence-corrected chi connectivity index (χ1v) is 8.15. The van der Waals surface area contributed by atoms with Crippen LogP contribution in [0.5, 0.6) is 0 Å². The topological polar surface area (TPSA) is 32.3 Å². The van der Waals surface area contributed by atoms with Crippen LogP contribution in [-0.2, 0) is 4.79 Å². The van der Waals surface area contributed by atoms with Crippen LogP contribution in [0.4, 0.5) is 0 Å². The van der Waals surface area contributed by atoms with Gasteiger partial charge in [0.05, 0.1) is 6.04 Å². The fourth-order valence-electron chi connectivity index (χ4n) is 2.93. The molecule has 0 radical (unpaired) electrons. The average Bonchev–Trinajstić information content (AvgIpc) is 3.02. The third kappa shape index (κ3) is 3.48. The quantitative estimate of drug-likeness (QED) is 0.910. The summed E-state index contributed by atoms with van der Waals surface area (Å²) in [6.45, 7) is 1.81. The van der Waals surface area contributed by atoms with Crippen LogP contribution in [-0.4, -0.2) is 41.6 Å². The van der Waals surface area contributed by atoms with Crippen molar-refractivity contribution in [1.82, 2.24) is 10.2 Å². The van der Waals surface area contributed by atoms with E-state index in [1.54, 1.807) is 0 Å². The third-order valence-corrected chi connectivity index (χ3v) is 5.03. The lowest BCUT2D eigenvalue weighted by molar-refractivity contribution is -0.133. The zero-order chi connectivity index (χ0) is 13.1. The molecule has 2 fully saturated rings. The first kappa shape index (κ1) is 15.7. The number of benzene rings is 1. The lowest BCUT2D eigenvalue weighted by Gasteiger charge is -2.33. The summed E-state index contributed by atoms with van der Waals surface area (Å²) in [4.78, 5) is 14.3. The fraction of sp³-hybridized carbons (Fsp3) is 0.533. The van der Waals surface area contributed by atoms with Crippen molar-refractivity contribution >= 4 is 30.1 Å². The number of hydrogen-bond donors (Lipinski definition) is 1. The van der Waals surface area contributed by atoms with Gasteiger partial charge in [0.1, 0.15) is 0 Å². The average molecular weight is 313 g/mol. The highest BCUT2D eigenvalue weighted by Crippen LogP contribution is 2.28. The minimum atomic E-state index is 0. The molecule has 3 nitrogen and oxygen atoms in total. The molecule has 0 saturated carbocycles. The van der Waals surface area contributed by atoms with Gasteiger partial charge in [-0.3, -0.25) is 10.1 Å². The van der Waals surface area contributed by atoms with Gasteiger partial charge in [-0.05, 0) is 24.3 Å². The maximum atomic E-state index is 12.3. The molecule has 1 atom stereocenters. The lowest BCUT2D eigenvalue weighted by Crippen LogP contribution is -2.47. The van der Waals surface area contributed by atoms with Gasteiger partial charge < -0.3 is 4.90 Å². The Morgan fingerprint density at radius 1 is 1.20 bits per heavy atom. The number of carbonyl (C=O) groups is 1. The minimum Gasteiger partial charge on any atom is -0.341 e. The molecule has 5 heteroatoms. The van der Waals surface area contributed by atoms with Crippen molar-refractivity contribution < 1.29 is 4.79 Å². The summed E-state index contributed by atoms with van der Waals surface area (Å²) in [6, 6.07) is 10.7. The van der Waals surface area contributed by atoms with Crippen LogP contribution < -0.4 is 5.32 Å². The molecule has 1 N–H and O–H groups in total. The molecular weight excluding hydrogens is 292 g/mol. The minimum absolute atomic E-state index is 0. The molecule has 0 aromatic heterocycles. The number of nitrogens with zero attached hydrogens (tertiary/aromatic N) is 1. The number of carbonyl (C=O) groups excluding carboxylic acids is 1. The largest absolute Gasteiger partial charge is 0.341 e. The summed E-state index contributed by atoms with van der Waals surface area (Å²) in [5.74, 6) is 2.77. The van der Waals surface area contributed by atoms with Crippen LogP contribution in [0.3, 0.4) is 0 Å². The molecule has 1 amide bonds. The molecular formula is C15H21ClN2OS. The van der Waals surface area contributed by atoms with E-state index in [0.29, 0.717) is 11.8 Å².